The van der Waals surface area contributed by atoms with E-state index in [1.807, 2.05) is 0 Å². The van der Waals surface area contributed by atoms with E-state index in [1.54, 1.807) is 69.8 Å². The van der Waals surface area contributed by atoms with Gasteiger partial charge in [-0.1, -0.05) is 11.6 Å². The van der Waals surface area contributed by atoms with Crippen molar-refractivity contribution in [3.05, 3.63) is 59.1 Å². The molecule has 0 aliphatic heterocycles. The van der Waals surface area contributed by atoms with Crippen LogP contribution >= 0.6 is 11.6 Å². The molecule has 0 aliphatic carbocycles. The molecule has 2 amide bonds. The average Bonchev–Trinajstić information content (AvgIpc) is 2.67. The van der Waals surface area contributed by atoms with Gasteiger partial charge in [-0.15, -0.1) is 0 Å². The second kappa shape index (κ2) is 9.64. The van der Waals surface area contributed by atoms with Crippen molar-refractivity contribution in [1.82, 2.24) is 4.90 Å². The third-order valence-corrected chi connectivity index (χ3v) is 3.98. The number of ether oxygens (including phenoxy) is 2. The number of carbonyl (C=O) groups is 2. The lowest BCUT2D eigenvalue weighted by atomic mass is 10.1. The molecule has 0 saturated heterocycles. The molecule has 7 heteroatoms. The number of likely N-dealkylation sites (N-methyl/N-ethyl adjacent to an activating group) is 1. The number of rotatable bonds is 7. The van der Waals surface area contributed by atoms with Gasteiger partial charge in [0.2, 0.25) is 11.8 Å². The topological polar surface area (TPSA) is 67.9 Å². The standard InChI is InChI=1S/C20H21ClN2O4/c1-23(13-19(24)22-16-7-5-15(21)6-8-16)20(25)11-4-14-12-17(26-2)9-10-18(14)27-3/h4-12H,13H2,1-3H3,(H,22,24). The third-order valence-electron chi connectivity index (χ3n) is 3.73. The second-order valence-corrected chi connectivity index (χ2v) is 6.13. The Bertz CT molecular complexity index is 834. The van der Waals surface area contributed by atoms with Gasteiger partial charge in [0.25, 0.3) is 0 Å². The van der Waals surface area contributed by atoms with Gasteiger partial charge in [-0.05, 0) is 48.5 Å². The number of hydrogen-bond donors (Lipinski definition) is 1. The molecule has 0 bridgehead atoms. The minimum atomic E-state index is -0.314. The average molecular weight is 389 g/mol. The van der Waals surface area contributed by atoms with Crippen LogP contribution in [-0.2, 0) is 9.59 Å². The summed E-state index contributed by atoms with van der Waals surface area (Å²) < 4.78 is 10.5. The van der Waals surface area contributed by atoms with Crippen LogP contribution in [0.25, 0.3) is 6.08 Å². The van der Waals surface area contributed by atoms with Crippen LogP contribution in [0.5, 0.6) is 11.5 Å². The first-order valence-corrected chi connectivity index (χ1v) is 8.51. The van der Waals surface area contributed by atoms with Crippen LogP contribution in [-0.4, -0.2) is 44.5 Å². The molecule has 142 valence electrons. The molecule has 2 aromatic rings. The maximum Gasteiger partial charge on any atom is 0.246 e. The van der Waals surface area contributed by atoms with Crippen molar-refractivity contribution in [2.45, 2.75) is 0 Å². The number of nitrogens with one attached hydrogen (secondary N) is 1. The van der Waals surface area contributed by atoms with Gasteiger partial charge in [-0.3, -0.25) is 9.59 Å². The van der Waals surface area contributed by atoms with Crippen molar-refractivity contribution in [3.8, 4) is 11.5 Å². The fraction of sp³-hybridized carbons (Fsp3) is 0.200. The minimum Gasteiger partial charge on any atom is -0.497 e. The summed E-state index contributed by atoms with van der Waals surface area (Å²) in [6, 6.07) is 12.0. The summed E-state index contributed by atoms with van der Waals surface area (Å²) in [6.07, 6.45) is 3.00. The number of amides is 2. The Kier molecular flexibility index (Phi) is 7.25. The smallest absolute Gasteiger partial charge is 0.246 e. The Morgan fingerprint density at radius 2 is 1.81 bits per heavy atom. The molecule has 6 nitrogen and oxygen atoms in total. The lowest BCUT2D eigenvalue weighted by Crippen LogP contribution is -2.33. The van der Waals surface area contributed by atoms with Gasteiger partial charge >= 0.3 is 0 Å². The summed E-state index contributed by atoms with van der Waals surface area (Å²) in [5.74, 6) is 0.647. The highest BCUT2D eigenvalue weighted by atomic mass is 35.5. The van der Waals surface area contributed by atoms with Gasteiger partial charge in [0, 0.05) is 29.4 Å². The zero-order valence-electron chi connectivity index (χ0n) is 15.4. The largest absolute Gasteiger partial charge is 0.497 e. The normalized spacial score (nSPS) is 10.5. The Labute approximate surface area is 163 Å². The van der Waals surface area contributed by atoms with Crippen LogP contribution in [0, 0.1) is 0 Å². The van der Waals surface area contributed by atoms with E-state index in [0.717, 1.165) is 0 Å². The van der Waals surface area contributed by atoms with Crippen molar-refractivity contribution in [3.63, 3.8) is 0 Å². The Hall–Kier alpha value is -2.99. The highest BCUT2D eigenvalue weighted by Crippen LogP contribution is 2.25. The van der Waals surface area contributed by atoms with E-state index >= 15 is 0 Å². The van der Waals surface area contributed by atoms with Crippen molar-refractivity contribution in [2.24, 2.45) is 0 Å². The molecule has 0 aromatic heterocycles. The van der Waals surface area contributed by atoms with E-state index in [1.165, 1.54) is 11.0 Å². The van der Waals surface area contributed by atoms with Crippen molar-refractivity contribution in [2.75, 3.05) is 33.1 Å². The maximum atomic E-state index is 12.3. The Morgan fingerprint density at radius 1 is 1.11 bits per heavy atom. The fourth-order valence-electron chi connectivity index (χ4n) is 2.29. The van der Waals surface area contributed by atoms with Gasteiger partial charge in [0.15, 0.2) is 0 Å². The first kappa shape index (κ1) is 20.3. The molecule has 0 radical (unpaired) electrons. The molecule has 0 aliphatic rings. The number of carbonyl (C=O) groups excluding carboxylic acids is 2. The molecule has 0 unspecified atom stereocenters. The quantitative estimate of drug-likeness (QED) is 0.737. The van der Waals surface area contributed by atoms with E-state index in [0.29, 0.717) is 27.8 Å². The van der Waals surface area contributed by atoms with Gasteiger partial charge in [0.1, 0.15) is 11.5 Å². The van der Waals surface area contributed by atoms with Crippen molar-refractivity contribution in [1.29, 1.82) is 0 Å². The summed E-state index contributed by atoms with van der Waals surface area (Å²) >= 11 is 5.81. The van der Waals surface area contributed by atoms with Crippen molar-refractivity contribution >= 4 is 35.2 Å². The number of methoxy groups -OCH3 is 2. The SMILES string of the molecule is COc1ccc(OC)c(C=CC(=O)N(C)CC(=O)Nc2ccc(Cl)cc2)c1. The zero-order chi connectivity index (χ0) is 19.8. The Morgan fingerprint density at radius 3 is 2.44 bits per heavy atom. The van der Waals surface area contributed by atoms with Crippen LogP contribution in [0.2, 0.25) is 5.02 Å². The molecule has 0 heterocycles. The number of anilines is 1. The first-order chi connectivity index (χ1) is 12.9. The number of hydrogen-bond acceptors (Lipinski definition) is 4. The molecule has 27 heavy (non-hydrogen) atoms. The van der Waals surface area contributed by atoms with Gasteiger partial charge < -0.3 is 19.7 Å². The fourth-order valence-corrected chi connectivity index (χ4v) is 2.41. The Balaban J connectivity index is 1.97. The van der Waals surface area contributed by atoms with Gasteiger partial charge in [-0.25, -0.2) is 0 Å². The summed E-state index contributed by atoms with van der Waals surface area (Å²) in [7, 11) is 4.67. The van der Waals surface area contributed by atoms with Crippen LogP contribution in [0.15, 0.2) is 48.5 Å². The van der Waals surface area contributed by atoms with Crippen LogP contribution in [0.4, 0.5) is 5.69 Å². The van der Waals surface area contributed by atoms with E-state index in [9.17, 15) is 9.59 Å². The monoisotopic (exact) mass is 388 g/mol. The van der Waals surface area contributed by atoms with Gasteiger partial charge in [0.05, 0.1) is 20.8 Å². The number of halogens is 1. The highest BCUT2D eigenvalue weighted by Gasteiger charge is 2.11. The molecule has 1 N–H and O–H groups in total. The molecule has 2 aromatic carbocycles. The summed E-state index contributed by atoms with van der Waals surface area (Å²) in [6.45, 7) is -0.0823. The van der Waals surface area contributed by atoms with Crippen molar-refractivity contribution < 1.29 is 19.1 Å². The third kappa shape index (κ3) is 6.04. The first-order valence-electron chi connectivity index (χ1n) is 8.13. The lowest BCUT2D eigenvalue weighted by molar-refractivity contribution is -0.129. The molecule has 0 spiro atoms. The number of benzene rings is 2. The molecule has 0 atom stereocenters. The molecular formula is C20H21ClN2O4. The van der Waals surface area contributed by atoms with Crippen LogP contribution in [0.1, 0.15) is 5.56 Å². The summed E-state index contributed by atoms with van der Waals surface area (Å²) in [4.78, 5) is 25.7. The van der Waals surface area contributed by atoms with E-state index in [2.05, 4.69) is 5.32 Å². The van der Waals surface area contributed by atoms with Gasteiger partial charge in [-0.2, -0.15) is 0 Å². The van der Waals surface area contributed by atoms with Crippen LogP contribution in [0.3, 0.4) is 0 Å². The minimum absolute atomic E-state index is 0.0823. The van der Waals surface area contributed by atoms with E-state index in [4.69, 9.17) is 21.1 Å². The zero-order valence-corrected chi connectivity index (χ0v) is 16.1. The molecule has 0 saturated carbocycles. The summed E-state index contributed by atoms with van der Waals surface area (Å²) in [5.41, 5.74) is 1.31. The maximum absolute atomic E-state index is 12.3. The predicted molar refractivity (Wildman–Crippen MR) is 106 cm³/mol. The van der Waals surface area contributed by atoms with E-state index in [-0.39, 0.29) is 18.4 Å². The molecule has 0 fully saturated rings. The second-order valence-electron chi connectivity index (χ2n) is 5.69. The summed E-state index contributed by atoms with van der Waals surface area (Å²) in [5, 5.41) is 3.29. The lowest BCUT2D eigenvalue weighted by Gasteiger charge is -2.15. The molecule has 2 rings (SSSR count). The van der Waals surface area contributed by atoms with E-state index < -0.39 is 0 Å². The molecular weight excluding hydrogens is 368 g/mol. The highest BCUT2D eigenvalue weighted by molar-refractivity contribution is 6.30. The predicted octanol–water partition coefficient (Wildman–Crippen LogP) is 3.47. The number of nitrogens with zero attached hydrogens (tertiary/aromatic N) is 1. The van der Waals surface area contributed by atoms with Crippen LogP contribution < -0.4 is 14.8 Å².